The van der Waals surface area contributed by atoms with Crippen LogP contribution in [-0.4, -0.2) is 52.3 Å². The third kappa shape index (κ3) is 5.42. The Labute approximate surface area is 262 Å². The lowest BCUT2D eigenvalue weighted by Gasteiger charge is -2.35. The maximum Gasteiger partial charge on any atom is 0.256 e. The summed E-state index contributed by atoms with van der Waals surface area (Å²) in [5, 5.41) is 5.68. The lowest BCUT2D eigenvalue weighted by Crippen LogP contribution is -2.38. The number of hydrogen-bond donors (Lipinski definition) is 1. The largest absolute Gasteiger partial charge is 0.408 e. The molecule has 2 fully saturated rings. The SMILES string of the molecule is Cc1nc2n(c(=O)c1CCN1CCC(c3noc4cc(N5CCC(C6NOc7cc(F)ccc76)CC5)ccc34)CC1)CCCC2. The van der Waals surface area contributed by atoms with E-state index in [2.05, 4.69) is 38.6 Å². The molecule has 0 bridgehead atoms. The van der Waals surface area contributed by atoms with Crippen LogP contribution in [0.25, 0.3) is 11.0 Å². The van der Waals surface area contributed by atoms with Crippen molar-refractivity contribution in [2.24, 2.45) is 5.92 Å². The molecule has 45 heavy (non-hydrogen) atoms. The van der Waals surface area contributed by atoms with Gasteiger partial charge in [0.05, 0.1) is 11.7 Å². The summed E-state index contributed by atoms with van der Waals surface area (Å²) < 4.78 is 21.4. The van der Waals surface area contributed by atoms with Gasteiger partial charge in [0.15, 0.2) is 11.3 Å². The second kappa shape index (κ2) is 11.9. The molecule has 4 aliphatic rings. The molecule has 0 spiro atoms. The van der Waals surface area contributed by atoms with Crippen LogP contribution in [0.5, 0.6) is 5.75 Å². The lowest BCUT2D eigenvalue weighted by atomic mass is 9.86. The number of nitrogens with zero attached hydrogens (tertiary/aromatic N) is 5. The van der Waals surface area contributed by atoms with Crippen molar-refractivity contribution in [3.8, 4) is 5.75 Å². The van der Waals surface area contributed by atoms with Crippen molar-refractivity contribution in [2.75, 3.05) is 37.6 Å². The third-order valence-corrected chi connectivity index (χ3v) is 10.7. The first-order valence-electron chi connectivity index (χ1n) is 16.7. The van der Waals surface area contributed by atoms with Gasteiger partial charge in [0.25, 0.3) is 5.56 Å². The van der Waals surface area contributed by atoms with Crippen LogP contribution >= 0.6 is 0 Å². The number of anilines is 1. The quantitative estimate of drug-likeness (QED) is 0.308. The van der Waals surface area contributed by atoms with Gasteiger partial charge in [-0.15, -0.1) is 5.48 Å². The van der Waals surface area contributed by atoms with Crippen molar-refractivity contribution in [1.29, 1.82) is 0 Å². The van der Waals surface area contributed by atoms with Gasteiger partial charge in [0.2, 0.25) is 0 Å². The van der Waals surface area contributed by atoms with Gasteiger partial charge in [-0.2, -0.15) is 0 Å². The van der Waals surface area contributed by atoms with Crippen LogP contribution < -0.4 is 20.8 Å². The number of rotatable bonds is 6. The van der Waals surface area contributed by atoms with Crippen LogP contribution in [0.2, 0.25) is 0 Å². The van der Waals surface area contributed by atoms with E-state index in [4.69, 9.17) is 14.3 Å². The molecule has 2 saturated heterocycles. The van der Waals surface area contributed by atoms with Crippen molar-refractivity contribution >= 4 is 16.7 Å². The zero-order valence-corrected chi connectivity index (χ0v) is 25.9. The van der Waals surface area contributed by atoms with Crippen molar-refractivity contribution in [1.82, 2.24) is 25.1 Å². The minimum absolute atomic E-state index is 0.0985. The molecule has 1 atom stereocenters. The highest BCUT2D eigenvalue weighted by molar-refractivity contribution is 5.83. The molecule has 1 N–H and O–H groups in total. The zero-order chi connectivity index (χ0) is 30.5. The summed E-state index contributed by atoms with van der Waals surface area (Å²) in [5.41, 5.74) is 9.25. The normalized spacial score (nSPS) is 21.2. The van der Waals surface area contributed by atoms with Gasteiger partial charge < -0.3 is 19.2 Å². The molecule has 4 aliphatic heterocycles. The number of benzene rings is 2. The Morgan fingerprint density at radius 2 is 1.84 bits per heavy atom. The van der Waals surface area contributed by atoms with E-state index in [1.807, 2.05) is 17.6 Å². The molecular formula is C35H41FN6O3. The molecule has 0 amide bonds. The fourth-order valence-electron chi connectivity index (χ4n) is 8.04. The number of aromatic nitrogens is 3. The fourth-order valence-corrected chi connectivity index (χ4v) is 8.04. The van der Waals surface area contributed by atoms with Crippen molar-refractivity contribution in [3.05, 3.63) is 80.9 Å². The van der Waals surface area contributed by atoms with Crippen LogP contribution in [0.1, 0.15) is 78.8 Å². The number of halogens is 1. The van der Waals surface area contributed by atoms with Gasteiger partial charge >= 0.3 is 0 Å². The van der Waals surface area contributed by atoms with Gasteiger partial charge in [-0.1, -0.05) is 11.2 Å². The summed E-state index contributed by atoms with van der Waals surface area (Å²) >= 11 is 0. The topological polar surface area (TPSA) is 88.7 Å². The standard InChI is InChI=1S/C35H41FN6O3/c1-22-27(35(43)42-14-3-2-4-32(42)37-22)13-17-40-15-9-23(10-16-40)33-29-8-6-26(21-31(29)45-39-33)41-18-11-24(12-19-41)34-28-7-5-25(36)20-30(28)44-38-34/h5-8,20-21,23-24,34,38H,2-4,9-19H2,1H3. The molecule has 4 aromatic rings. The highest BCUT2D eigenvalue weighted by atomic mass is 19.1. The van der Waals surface area contributed by atoms with Gasteiger partial charge in [0, 0.05) is 78.5 Å². The summed E-state index contributed by atoms with van der Waals surface area (Å²) in [6.07, 6.45) is 7.97. The van der Waals surface area contributed by atoms with E-state index >= 15 is 0 Å². The molecule has 2 aromatic carbocycles. The third-order valence-electron chi connectivity index (χ3n) is 10.7. The highest BCUT2D eigenvalue weighted by Gasteiger charge is 2.34. The number of likely N-dealkylation sites (tertiary alicyclic amines) is 1. The molecule has 0 aliphatic carbocycles. The van der Waals surface area contributed by atoms with Gasteiger partial charge in [-0.05, 0) is 89.1 Å². The first kappa shape index (κ1) is 28.7. The number of hydrogen-bond acceptors (Lipinski definition) is 8. The summed E-state index contributed by atoms with van der Waals surface area (Å²) in [6, 6.07) is 11.5. The van der Waals surface area contributed by atoms with E-state index in [0.29, 0.717) is 17.6 Å². The number of aryl methyl sites for hydroxylation is 2. The van der Waals surface area contributed by atoms with Crippen molar-refractivity contribution in [3.63, 3.8) is 0 Å². The van der Waals surface area contributed by atoms with E-state index in [9.17, 15) is 9.18 Å². The van der Waals surface area contributed by atoms with Crippen LogP contribution in [0.3, 0.4) is 0 Å². The molecule has 0 radical (unpaired) electrons. The lowest BCUT2D eigenvalue weighted by molar-refractivity contribution is 0.150. The number of fused-ring (bicyclic) bond motifs is 3. The second-order valence-corrected chi connectivity index (χ2v) is 13.3. The summed E-state index contributed by atoms with van der Waals surface area (Å²) in [7, 11) is 0. The van der Waals surface area contributed by atoms with Crippen LogP contribution in [0, 0.1) is 18.7 Å². The van der Waals surface area contributed by atoms with E-state index < -0.39 is 0 Å². The number of hydroxylamine groups is 1. The maximum absolute atomic E-state index is 13.6. The monoisotopic (exact) mass is 612 g/mol. The average molecular weight is 613 g/mol. The number of piperidine rings is 2. The Morgan fingerprint density at radius 3 is 2.69 bits per heavy atom. The van der Waals surface area contributed by atoms with Crippen molar-refractivity contribution < 1.29 is 13.8 Å². The molecular weight excluding hydrogens is 571 g/mol. The van der Waals surface area contributed by atoms with Gasteiger partial charge in [-0.25, -0.2) is 9.37 Å². The Morgan fingerprint density at radius 1 is 1.00 bits per heavy atom. The maximum atomic E-state index is 13.6. The van der Waals surface area contributed by atoms with E-state index in [1.165, 1.54) is 17.8 Å². The van der Waals surface area contributed by atoms with Crippen LogP contribution in [0.15, 0.2) is 45.7 Å². The second-order valence-electron chi connectivity index (χ2n) is 13.3. The summed E-state index contributed by atoms with van der Waals surface area (Å²) in [6.45, 7) is 7.55. The van der Waals surface area contributed by atoms with Gasteiger partial charge in [0.1, 0.15) is 11.6 Å². The fraction of sp³-hybridized carbons (Fsp3) is 0.514. The summed E-state index contributed by atoms with van der Waals surface area (Å²) in [4.78, 5) is 28.4. The van der Waals surface area contributed by atoms with E-state index in [1.54, 1.807) is 0 Å². The van der Waals surface area contributed by atoms with E-state index in [-0.39, 0.29) is 17.4 Å². The number of nitrogens with one attached hydrogen (secondary N) is 1. The zero-order valence-electron chi connectivity index (χ0n) is 25.9. The Bertz CT molecular complexity index is 1770. The minimum atomic E-state index is -0.272. The Hall–Kier alpha value is -3.76. The molecule has 1 unspecified atom stereocenters. The summed E-state index contributed by atoms with van der Waals surface area (Å²) in [5.74, 6) is 2.10. The average Bonchev–Trinajstić information content (AvgIpc) is 3.69. The predicted molar refractivity (Wildman–Crippen MR) is 170 cm³/mol. The smallest absolute Gasteiger partial charge is 0.256 e. The van der Waals surface area contributed by atoms with Crippen molar-refractivity contribution in [2.45, 2.75) is 76.8 Å². The molecule has 236 valence electrons. The molecule has 6 heterocycles. The molecule has 0 saturated carbocycles. The van der Waals surface area contributed by atoms with Crippen LogP contribution in [-0.2, 0) is 19.4 Å². The Balaban J connectivity index is 0.869. The predicted octanol–water partition coefficient (Wildman–Crippen LogP) is 5.45. The van der Waals surface area contributed by atoms with Gasteiger partial charge in [-0.3, -0.25) is 9.36 Å². The minimum Gasteiger partial charge on any atom is -0.408 e. The molecule has 9 nitrogen and oxygen atoms in total. The highest BCUT2D eigenvalue weighted by Crippen LogP contribution is 2.41. The Kier molecular flexibility index (Phi) is 7.57. The van der Waals surface area contributed by atoms with E-state index in [0.717, 1.165) is 130 Å². The first-order valence-corrected chi connectivity index (χ1v) is 16.7. The van der Waals surface area contributed by atoms with Crippen LogP contribution in [0.4, 0.5) is 10.1 Å². The molecule has 2 aromatic heterocycles. The molecule has 8 rings (SSSR count). The first-order chi connectivity index (χ1) is 22.0. The molecule has 10 heteroatoms.